The fourth-order valence-electron chi connectivity index (χ4n) is 2.23. The Balaban J connectivity index is 2.12. The highest BCUT2D eigenvalue weighted by Gasteiger charge is 2.26. The van der Waals surface area contributed by atoms with Crippen LogP contribution in [-0.4, -0.2) is 53.5 Å². The molecule has 0 spiro atoms. The molecule has 0 saturated carbocycles. The van der Waals surface area contributed by atoms with E-state index in [9.17, 15) is 4.79 Å². The van der Waals surface area contributed by atoms with E-state index in [0.717, 1.165) is 63.4 Å². The molecule has 0 unspecified atom stereocenters. The summed E-state index contributed by atoms with van der Waals surface area (Å²) in [5.74, 6) is 1.90. The predicted molar refractivity (Wildman–Crippen MR) is 84.0 cm³/mol. The molecule has 18 heavy (non-hydrogen) atoms. The summed E-state index contributed by atoms with van der Waals surface area (Å²) in [5, 5.41) is 0. The number of carbonyl (C=O) groups is 1. The number of hydrogen-bond acceptors (Lipinski definition) is 3. The van der Waals surface area contributed by atoms with E-state index < -0.39 is 0 Å². The maximum atomic E-state index is 12.1. The molecule has 1 aliphatic rings. The molecular formula is C13H26N2OS2. The van der Waals surface area contributed by atoms with Crippen molar-refractivity contribution in [3.63, 3.8) is 0 Å². The Morgan fingerprint density at radius 3 is 1.61 bits per heavy atom. The van der Waals surface area contributed by atoms with E-state index in [1.807, 2.05) is 9.80 Å². The number of thiol groups is 2. The first kappa shape index (κ1) is 16.0. The number of carbonyl (C=O) groups excluding carboxylic acids is 1. The second-order valence-corrected chi connectivity index (χ2v) is 5.72. The van der Waals surface area contributed by atoms with Gasteiger partial charge in [-0.2, -0.15) is 25.3 Å². The lowest BCUT2D eigenvalue weighted by Crippen LogP contribution is -2.33. The molecule has 0 aliphatic carbocycles. The Labute approximate surface area is 122 Å². The summed E-state index contributed by atoms with van der Waals surface area (Å²) in [6.45, 7) is 3.65. The molecule has 0 aromatic heterocycles. The van der Waals surface area contributed by atoms with Gasteiger partial charge >= 0.3 is 6.03 Å². The lowest BCUT2D eigenvalue weighted by Gasteiger charge is -2.18. The average Bonchev–Trinajstić information content (AvgIpc) is 2.72. The molecule has 3 nitrogen and oxygen atoms in total. The Hall–Kier alpha value is -0.0300. The maximum Gasteiger partial charge on any atom is 0.320 e. The van der Waals surface area contributed by atoms with Crippen LogP contribution in [0.5, 0.6) is 0 Å². The Kier molecular flexibility index (Phi) is 8.76. The van der Waals surface area contributed by atoms with Gasteiger partial charge in [-0.05, 0) is 37.2 Å². The number of rotatable bonds is 10. The van der Waals surface area contributed by atoms with E-state index in [-0.39, 0.29) is 6.03 Å². The van der Waals surface area contributed by atoms with Gasteiger partial charge in [0.1, 0.15) is 0 Å². The third-order valence-electron chi connectivity index (χ3n) is 3.35. The first-order chi connectivity index (χ1) is 8.79. The van der Waals surface area contributed by atoms with Gasteiger partial charge in [-0.1, -0.05) is 12.8 Å². The molecule has 1 heterocycles. The molecule has 0 radical (unpaired) electrons. The fraction of sp³-hybridized carbons (Fsp3) is 0.923. The van der Waals surface area contributed by atoms with Gasteiger partial charge in [-0.15, -0.1) is 0 Å². The minimum Gasteiger partial charge on any atom is -0.323 e. The zero-order valence-corrected chi connectivity index (χ0v) is 13.0. The van der Waals surface area contributed by atoms with Crippen molar-refractivity contribution in [2.24, 2.45) is 0 Å². The van der Waals surface area contributed by atoms with Crippen molar-refractivity contribution in [1.82, 2.24) is 9.80 Å². The molecule has 1 rings (SSSR count). The average molecular weight is 290 g/mol. The van der Waals surface area contributed by atoms with Crippen LogP contribution in [0.15, 0.2) is 0 Å². The molecule has 1 aliphatic heterocycles. The summed E-state index contributed by atoms with van der Waals surface area (Å²) >= 11 is 8.39. The molecule has 5 heteroatoms. The number of nitrogens with zero attached hydrogens (tertiary/aromatic N) is 2. The summed E-state index contributed by atoms with van der Waals surface area (Å²) in [4.78, 5) is 16.0. The second kappa shape index (κ2) is 9.84. The third-order valence-corrected chi connectivity index (χ3v) is 3.99. The monoisotopic (exact) mass is 290 g/mol. The Morgan fingerprint density at radius 2 is 1.22 bits per heavy atom. The number of amides is 2. The van der Waals surface area contributed by atoms with Crippen LogP contribution in [0.25, 0.3) is 0 Å². The van der Waals surface area contributed by atoms with Gasteiger partial charge in [0, 0.05) is 26.2 Å². The molecule has 2 amide bonds. The molecule has 1 saturated heterocycles. The topological polar surface area (TPSA) is 23.6 Å². The van der Waals surface area contributed by atoms with Crippen molar-refractivity contribution >= 4 is 31.3 Å². The first-order valence-electron chi connectivity index (χ1n) is 7.05. The number of unbranched alkanes of at least 4 members (excludes halogenated alkanes) is 4. The standard InChI is InChI=1S/C13H26N2OS2/c16-13-14(7-3-1-5-11-17)9-10-15(13)8-4-2-6-12-18/h17-18H,1-12H2. The molecule has 1 fully saturated rings. The van der Waals surface area contributed by atoms with Crippen LogP contribution >= 0.6 is 25.3 Å². The van der Waals surface area contributed by atoms with Gasteiger partial charge in [-0.25, -0.2) is 4.79 Å². The number of urea groups is 1. The zero-order chi connectivity index (χ0) is 13.2. The van der Waals surface area contributed by atoms with Crippen LogP contribution in [0.4, 0.5) is 4.79 Å². The van der Waals surface area contributed by atoms with E-state index in [2.05, 4.69) is 25.3 Å². The predicted octanol–water partition coefficient (Wildman–Crippen LogP) is 2.92. The van der Waals surface area contributed by atoms with E-state index >= 15 is 0 Å². The minimum atomic E-state index is 0.242. The van der Waals surface area contributed by atoms with Gasteiger partial charge < -0.3 is 9.80 Å². The highest BCUT2D eigenvalue weighted by atomic mass is 32.1. The molecule has 0 aromatic carbocycles. The van der Waals surface area contributed by atoms with E-state index in [1.165, 1.54) is 12.8 Å². The smallest absolute Gasteiger partial charge is 0.320 e. The molecular weight excluding hydrogens is 264 g/mol. The normalized spacial score (nSPS) is 15.8. The minimum absolute atomic E-state index is 0.242. The first-order valence-corrected chi connectivity index (χ1v) is 8.31. The summed E-state index contributed by atoms with van der Waals surface area (Å²) in [6.07, 6.45) is 6.88. The van der Waals surface area contributed by atoms with Crippen molar-refractivity contribution in [3.8, 4) is 0 Å². The lowest BCUT2D eigenvalue weighted by molar-refractivity contribution is 0.190. The summed E-state index contributed by atoms with van der Waals surface area (Å²) in [5.41, 5.74) is 0. The van der Waals surface area contributed by atoms with Gasteiger partial charge in [0.2, 0.25) is 0 Å². The SMILES string of the molecule is O=C1N(CCCCCS)CCN1CCCCCS. The summed E-state index contributed by atoms with van der Waals surface area (Å²) in [6, 6.07) is 0.242. The molecule has 0 N–H and O–H groups in total. The van der Waals surface area contributed by atoms with Crippen molar-refractivity contribution in [2.75, 3.05) is 37.7 Å². The summed E-state index contributed by atoms with van der Waals surface area (Å²) < 4.78 is 0. The van der Waals surface area contributed by atoms with E-state index in [4.69, 9.17) is 0 Å². The molecule has 106 valence electrons. The van der Waals surface area contributed by atoms with Crippen molar-refractivity contribution in [1.29, 1.82) is 0 Å². The maximum absolute atomic E-state index is 12.1. The van der Waals surface area contributed by atoms with Crippen LogP contribution in [0.1, 0.15) is 38.5 Å². The highest BCUT2D eigenvalue weighted by Crippen LogP contribution is 2.12. The number of hydrogen-bond donors (Lipinski definition) is 2. The zero-order valence-electron chi connectivity index (χ0n) is 11.2. The second-order valence-electron chi connectivity index (χ2n) is 4.83. The molecule has 0 bridgehead atoms. The van der Waals surface area contributed by atoms with Gasteiger partial charge in [0.25, 0.3) is 0 Å². The molecule has 0 aromatic rings. The van der Waals surface area contributed by atoms with Crippen LogP contribution in [0, 0.1) is 0 Å². The third kappa shape index (κ3) is 5.74. The van der Waals surface area contributed by atoms with Gasteiger partial charge in [-0.3, -0.25) is 0 Å². The summed E-state index contributed by atoms with van der Waals surface area (Å²) in [7, 11) is 0. The molecule has 0 atom stereocenters. The van der Waals surface area contributed by atoms with Gasteiger partial charge in [0.15, 0.2) is 0 Å². The quantitative estimate of drug-likeness (QED) is 0.469. The van der Waals surface area contributed by atoms with E-state index in [1.54, 1.807) is 0 Å². The van der Waals surface area contributed by atoms with Gasteiger partial charge in [0.05, 0.1) is 0 Å². The van der Waals surface area contributed by atoms with Crippen LogP contribution in [0.2, 0.25) is 0 Å². The van der Waals surface area contributed by atoms with Crippen LogP contribution in [0.3, 0.4) is 0 Å². The van der Waals surface area contributed by atoms with Crippen molar-refractivity contribution in [3.05, 3.63) is 0 Å². The largest absolute Gasteiger partial charge is 0.323 e. The van der Waals surface area contributed by atoms with Crippen LogP contribution in [-0.2, 0) is 0 Å². The Morgan fingerprint density at radius 1 is 0.778 bits per heavy atom. The Bertz CT molecular complexity index is 217. The van der Waals surface area contributed by atoms with Crippen molar-refractivity contribution < 1.29 is 4.79 Å². The highest BCUT2D eigenvalue weighted by molar-refractivity contribution is 7.80. The lowest BCUT2D eigenvalue weighted by atomic mass is 10.2. The van der Waals surface area contributed by atoms with E-state index in [0.29, 0.717) is 0 Å². The fourth-order valence-corrected chi connectivity index (χ4v) is 2.68. The van der Waals surface area contributed by atoms with Crippen molar-refractivity contribution in [2.45, 2.75) is 38.5 Å². The van der Waals surface area contributed by atoms with Crippen LogP contribution < -0.4 is 0 Å².